The number of aliphatic hydroxyl groups is 1. The van der Waals surface area contributed by atoms with E-state index in [9.17, 15) is 5.11 Å². The number of hydrogen-bond donors (Lipinski definition) is 1. The summed E-state index contributed by atoms with van der Waals surface area (Å²) in [5, 5.41) is 15.0. The molecule has 90 valence electrons. The van der Waals surface area contributed by atoms with Crippen molar-refractivity contribution in [2.45, 2.75) is 45.6 Å². The van der Waals surface area contributed by atoms with Crippen molar-refractivity contribution in [3.05, 3.63) is 20.8 Å². The molecule has 3 heteroatoms. The van der Waals surface area contributed by atoms with Gasteiger partial charge < -0.3 is 5.11 Å². The molecule has 1 heterocycles. The maximum absolute atomic E-state index is 10.9. The van der Waals surface area contributed by atoms with Gasteiger partial charge in [0.05, 0.1) is 5.60 Å². The van der Waals surface area contributed by atoms with Gasteiger partial charge in [-0.3, -0.25) is 0 Å². The van der Waals surface area contributed by atoms with Gasteiger partial charge in [-0.25, -0.2) is 0 Å². The van der Waals surface area contributed by atoms with E-state index in [1.54, 1.807) is 11.3 Å². The van der Waals surface area contributed by atoms with Crippen molar-refractivity contribution in [2.24, 2.45) is 11.3 Å². The van der Waals surface area contributed by atoms with Gasteiger partial charge >= 0.3 is 0 Å². The molecule has 0 radical (unpaired) electrons. The normalized spacial score (nSPS) is 33.9. The molecule has 0 saturated heterocycles. The summed E-state index contributed by atoms with van der Waals surface area (Å²) >= 11 is 5.20. The average Bonchev–Trinajstić information content (AvgIpc) is 2.59. The van der Waals surface area contributed by atoms with Crippen molar-refractivity contribution < 1.29 is 5.11 Å². The maximum Gasteiger partial charge on any atom is 0.0941 e. The Kier molecular flexibility index (Phi) is 3.23. The molecular weight excluding hydrogens is 284 g/mol. The second kappa shape index (κ2) is 4.11. The predicted molar refractivity (Wildman–Crippen MR) is 72.7 cm³/mol. The fraction of sp³-hybridized carbons (Fsp3) is 0.692. The first-order valence-corrected chi connectivity index (χ1v) is 7.53. The van der Waals surface area contributed by atoms with Gasteiger partial charge in [0.1, 0.15) is 0 Å². The van der Waals surface area contributed by atoms with Crippen LogP contribution in [0.15, 0.2) is 15.2 Å². The molecule has 16 heavy (non-hydrogen) atoms. The molecule has 0 aromatic carbocycles. The van der Waals surface area contributed by atoms with E-state index in [1.165, 1.54) is 0 Å². The van der Waals surface area contributed by atoms with Crippen LogP contribution in [0.2, 0.25) is 0 Å². The molecule has 1 saturated carbocycles. The lowest BCUT2D eigenvalue weighted by Gasteiger charge is -2.45. The minimum absolute atomic E-state index is 0.321. The van der Waals surface area contributed by atoms with E-state index in [2.05, 4.69) is 47.5 Å². The molecule has 0 aliphatic heterocycles. The van der Waals surface area contributed by atoms with E-state index in [-0.39, 0.29) is 0 Å². The van der Waals surface area contributed by atoms with Crippen molar-refractivity contribution in [1.82, 2.24) is 0 Å². The molecule has 1 nitrogen and oxygen atoms in total. The standard InChI is InChI=1S/C13H19BrOS/c1-9-6-12(2,3)4-5-13(9,15)10-7-16-8-11(10)14/h7-9,15H,4-6H2,1-3H3. The van der Waals surface area contributed by atoms with Gasteiger partial charge in [0, 0.05) is 15.4 Å². The van der Waals surface area contributed by atoms with Crippen molar-refractivity contribution >= 4 is 27.3 Å². The highest BCUT2D eigenvalue weighted by atomic mass is 79.9. The SMILES string of the molecule is CC1CC(C)(C)CCC1(O)c1cscc1Br. The number of hydrogen-bond acceptors (Lipinski definition) is 2. The fourth-order valence-corrected chi connectivity index (χ4v) is 4.58. The van der Waals surface area contributed by atoms with Gasteiger partial charge in [-0.2, -0.15) is 11.3 Å². The van der Waals surface area contributed by atoms with Crippen molar-refractivity contribution in [1.29, 1.82) is 0 Å². The lowest BCUT2D eigenvalue weighted by molar-refractivity contribution is -0.0771. The highest BCUT2D eigenvalue weighted by Crippen LogP contribution is 2.50. The van der Waals surface area contributed by atoms with E-state index in [4.69, 9.17) is 0 Å². The van der Waals surface area contributed by atoms with Crippen LogP contribution in [0.1, 0.15) is 45.6 Å². The molecule has 1 aliphatic rings. The van der Waals surface area contributed by atoms with E-state index >= 15 is 0 Å². The lowest BCUT2D eigenvalue weighted by atomic mass is 9.64. The predicted octanol–water partition coefficient (Wildman–Crippen LogP) is 4.54. The van der Waals surface area contributed by atoms with Gasteiger partial charge in [0.2, 0.25) is 0 Å². The summed E-state index contributed by atoms with van der Waals surface area (Å²) in [5.74, 6) is 0.321. The third-order valence-electron chi connectivity index (χ3n) is 3.94. The van der Waals surface area contributed by atoms with Crippen LogP contribution in [0.4, 0.5) is 0 Å². The van der Waals surface area contributed by atoms with E-state index in [0.717, 1.165) is 29.3 Å². The molecular formula is C13H19BrOS. The van der Waals surface area contributed by atoms with Crippen LogP contribution in [-0.4, -0.2) is 5.11 Å². The first kappa shape index (κ1) is 12.6. The Bertz CT molecular complexity index is 385. The van der Waals surface area contributed by atoms with Crippen molar-refractivity contribution in [3.63, 3.8) is 0 Å². The maximum atomic E-state index is 10.9. The van der Waals surface area contributed by atoms with Crippen LogP contribution in [-0.2, 0) is 5.60 Å². The third-order valence-corrected chi connectivity index (χ3v) is 5.64. The molecule has 0 amide bonds. The molecule has 1 fully saturated rings. The monoisotopic (exact) mass is 302 g/mol. The molecule has 1 N–H and O–H groups in total. The van der Waals surface area contributed by atoms with Gasteiger partial charge in [0.25, 0.3) is 0 Å². The van der Waals surface area contributed by atoms with Gasteiger partial charge in [-0.05, 0) is 51.9 Å². The summed E-state index contributed by atoms with van der Waals surface area (Å²) in [5.41, 5.74) is 0.822. The Morgan fingerprint density at radius 2 is 2.06 bits per heavy atom. The van der Waals surface area contributed by atoms with Crippen LogP contribution in [0, 0.1) is 11.3 Å². The van der Waals surface area contributed by atoms with Gasteiger partial charge in [-0.15, -0.1) is 0 Å². The van der Waals surface area contributed by atoms with Crippen LogP contribution in [0.3, 0.4) is 0 Å². The lowest BCUT2D eigenvalue weighted by Crippen LogP contribution is -2.41. The van der Waals surface area contributed by atoms with Crippen LogP contribution < -0.4 is 0 Å². The second-order valence-corrected chi connectivity index (χ2v) is 7.42. The minimum Gasteiger partial charge on any atom is -0.385 e. The zero-order chi connectivity index (χ0) is 12.0. The van der Waals surface area contributed by atoms with Crippen molar-refractivity contribution in [3.8, 4) is 0 Å². The molecule has 2 atom stereocenters. The first-order valence-electron chi connectivity index (χ1n) is 5.80. The summed E-state index contributed by atoms with van der Waals surface area (Å²) < 4.78 is 1.06. The summed E-state index contributed by atoms with van der Waals surface area (Å²) in [6.45, 7) is 6.77. The Morgan fingerprint density at radius 1 is 1.38 bits per heavy atom. The number of thiophene rings is 1. The molecule has 1 aromatic rings. The molecule has 1 aliphatic carbocycles. The molecule has 2 unspecified atom stereocenters. The second-order valence-electron chi connectivity index (χ2n) is 5.83. The van der Waals surface area contributed by atoms with E-state index < -0.39 is 5.60 Å². The topological polar surface area (TPSA) is 20.2 Å². The number of rotatable bonds is 1. The summed E-state index contributed by atoms with van der Waals surface area (Å²) in [7, 11) is 0. The van der Waals surface area contributed by atoms with Gasteiger partial charge in [-0.1, -0.05) is 20.8 Å². The third kappa shape index (κ3) is 2.09. The Hall–Kier alpha value is 0.140. The quantitative estimate of drug-likeness (QED) is 0.807. The van der Waals surface area contributed by atoms with Crippen LogP contribution in [0.5, 0.6) is 0 Å². The Balaban J connectivity index is 2.30. The smallest absolute Gasteiger partial charge is 0.0941 e. The van der Waals surface area contributed by atoms with E-state index in [1.807, 2.05) is 0 Å². The molecule has 1 aromatic heterocycles. The average molecular weight is 303 g/mol. The summed E-state index contributed by atoms with van der Waals surface area (Å²) in [6.07, 6.45) is 3.05. The van der Waals surface area contributed by atoms with Crippen LogP contribution in [0.25, 0.3) is 0 Å². The highest BCUT2D eigenvalue weighted by Gasteiger charge is 2.44. The number of halogens is 1. The first-order chi connectivity index (χ1) is 7.35. The van der Waals surface area contributed by atoms with Crippen molar-refractivity contribution in [2.75, 3.05) is 0 Å². The molecule has 0 bridgehead atoms. The minimum atomic E-state index is -0.631. The van der Waals surface area contributed by atoms with Crippen LogP contribution >= 0.6 is 27.3 Å². The Morgan fingerprint density at radius 3 is 2.56 bits per heavy atom. The zero-order valence-corrected chi connectivity index (χ0v) is 12.5. The van der Waals surface area contributed by atoms with E-state index in [0.29, 0.717) is 11.3 Å². The molecule has 2 rings (SSSR count). The summed E-state index contributed by atoms with van der Waals surface area (Å²) in [6, 6.07) is 0. The highest BCUT2D eigenvalue weighted by molar-refractivity contribution is 9.10. The van der Waals surface area contributed by atoms with Gasteiger partial charge in [0.15, 0.2) is 0 Å². The zero-order valence-electron chi connectivity index (χ0n) is 10.1. The summed E-state index contributed by atoms with van der Waals surface area (Å²) in [4.78, 5) is 0. The molecule has 0 spiro atoms. The Labute approximate surface area is 110 Å². The fourth-order valence-electron chi connectivity index (χ4n) is 2.87. The largest absolute Gasteiger partial charge is 0.385 e.